The Morgan fingerprint density at radius 3 is 2.64 bits per heavy atom. The number of nitrogens with one attached hydrogen (secondary N) is 2. The highest BCUT2D eigenvalue weighted by molar-refractivity contribution is 5.90. The summed E-state index contributed by atoms with van der Waals surface area (Å²) in [6.07, 6.45) is 6.99. The first kappa shape index (κ1) is 26.1. The molecular weight excluding hydrogens is 508 g/mol. The van der Waals surface area contributed by atoms with Crippen LogP contribution < -0.4 is 20.1 Å². The number of benzene rings is 1. The molecule has 12 heteroatoms. The number of pyridine rings is 1. The van der Waals surface area contributed by atoms with Crippen LogP contribution >= 0.6 is 0 Å². The number of ether oxygens (including phenoxy) is 2. The van der Waals surface area contributed by atoms with Gasteiger partial charge in [0.15, 0.2) is 5.65 Å². The zero-order valence-electron chi connectivity index (χ0n) is 21.4. The Morgan fingerprint density at radius 1 is 1.13 bits per heavy atom. The van der Waals surface area contributed by atoms with Crippen LogP contribution in [0.4, 0.5) is 25.1 Å². The molecule has 0 aliphatic carbocycles. The Hall–Kier alpha value is -4.48. The molecule has 1 aromatic carbocycles. The average Bonchev–Trinajstić information content (AvgIpc) is 3.33. The second kappa shape index (κ2) is 11.9. The van der Waals surface area contributed by atoms with Gasteiger partial charge in [-0.15, -0.1) is 0 Å². The Kier molecular flexibility index (Phi) is 7.99. The number of aryl methyl sites for hydroxylation is 1. The van der Waals surface area contributed by atoms with Crippen molar-refractivity contribution in [3.05, 3.63) is 71.8 Å². The monoisotopic (exact) mass is 537 g/mol. The maximum absolute atomic E-state index is 13.2. The van der Waals surface area contributed by atoms with Crippen molar-refractivity contribution in [3.8, 4) is 11.5 Å². The molecule has 0 saturated carbocycles. The molecular formula is C27H29F2N7O3. The van der Waals surface area contributed by atoms with Crippen molar-refractivity contribution in [3.63, 3.8) is 0 Å². The summed E-state index contributed by atoms with van der Waals surface area (Å²) in [5.74, 6) is 1.05. The molecule has 39 heavy (non-hydrogen) atoms. The van der Waals surface area contributed by atoms with Crippen LogP contribution in [0.15, 0.2) is 55.0 Å². The molecule has 4 heterocycles. The fourth-order valence-electron chi connectivity index (χ4n) is 4.66. The third kappa shape index (κ3) is 6.16. The molecule has 1 fully saturated rings. The van der Waals surface area contributed by atoms with Gasteiger partial charge < -0.3 is 25.0 Å². The minimum absolute atomic E-state index is 0.00868. The molecule has 1 saturated heterocycles. The van der Waals surface area contributed by atoms with E-state index < -0.39 is 13.7 Å². The molecule has 1 aliphatic heterocycles. The number of halogens is 2. The number of fused-ring (bicyclic) bond motifs is 1. The van der Waals surface area contributed by atoms with Gasteiger partial charge in [-0.3, -0.25) is 4.98 Å². The number of aromatic nitrogens is 4. The molecule has 2 amide bonds. The van der Waals surface area contributed by atoms with E-state index in [1.165, 1.54) is 18.2 Å². The van der Waals surface area contributed by atoms with E-state index in [0.717, 1.165) is 41.1 Å². The predicted octanol–water partition coefficient (Wildman–Crippen LogP) is 5.07. The van der Waals surface area contributed by atoms with Crippen LogP contribution in [0.25, 0.3) is 5.65 Å². The van der Waals surface area contributed by atoms with Gasteiger partial charge in [0.2, 0.25) is 13.7 Å². The first-order valence-electron chi connectivity index (χ1n) is 12.6. The third-order valence-corrected chi connectivity index (χ3v) is 6.57. The van der Waals surface area contributed by atoms with E-state index in [1.54, 1.807) is 21.8 Å². The summed E-state index contributed by atoms with van der Waals surface area (Å²) in [6.45, 7) is 1.44. The number of likely N-dealkylation sites (tertiary alicyclic amines) is 1. The Morgan fingerprint density at radius 2 is 1.92 bits per heavy atom. The fraction of sp³-hybridized carbons (Fsp3) is 0.333. The lowest BCUT2D eigenvalue weighted by molar-refractivity contribution is 0.182. The normalized spacial score (nSPS) is 15.3. The van der Waals surface area contributed by atoms with Crippen LogP contribution in [0.5, 0.6) is 11.5 Å². The van der Waals surface area contributed by atoms with Crippen molar-refractivity contribution in [1.82, 2.24) is 24.5 Å². The smallest absolute Gasteiger partial charge is 0.321 e. The summed E-state index contributed by atoms with van der Waals surface area (Å²) in [6, 6.07) is 9.82. The van der Waals surface area contributed by atoms with Crippen molar-refractivity contribution in [1.29, 1.82) is 0 Å². The molecule has 204 valence electrons. The minimum Gasteiger partial charge on any atom is -0.463 e. The summed E-state index contributed by atoms with van der Waals surface area (Å²) < 4.78 is 36.9. The van der Waals surface area contributed by atoms with Crippen LogP contribution in [0.3, 0.4) is 0 Å². The minimum atomic E-state index is -1.06. The van der Waals surface area contributed by atoms with E-state index >= 15 is 0 Å². The summed E-state index contributed by atoms with van der Waals surface area (Å²) >= 11 is 0. The molecule has 1 atom stereocenters. The number of carbonyl (C=O) groups is 1. The number of hydrogen-bond acceptors (Lipinski definition) is 7. The van der Waals surface area contributed by atoms with Gasteiger partial charge in [-0.2, -0.15) is 9.61 Å². The maximum Gasteiger partial charge on any atom is 0.321 e. The van der Waals surface area contributed by atoms with E-state index in [2.05, 4.69) is 20.7 Å². The van der Waals surface area contributed by atoms with E-state index in [0.29, 0.717) is 25.3 Å². The first-order valence-corrected chi connectivity index (χ1v) is 12.6. The van der Waals surface area contributed by atoms with Crippen molar-refractivity contribution in [2.45, 2.75) is 32.2 Å². The number of amides is 2. The Labute approximate surface area is 224 Å². The van der Waals surface area contributed by atoms with Crippen LogP contribution in [0.1, 0.15) is 35.6 Å². The maximum atomic E-state index is 13.2. The van der Waals surface area contributed by atoms with Crippen LogP contribution in [-0.4, -0.2) is 57.3 Å². The summed E-state index contributed by atoms with van der Waals surface area (Å²) in [5.41, 5.74) is 3.93. The van der Waals surface area contributed by atoms with E-state index in [9.17, 15) is 13.6 Å². The van der Waals surface area contributed by atoms with Crippen LogP contribution in [0, 0.1) is 6.92 Å². The second-order valence-corrected chi connectivity index (χ2v) is 9.26. The van der Waals surface area contributed by atoms with Gasteiger partial charge in [-0.25, -0.2) is 18.6 Å². The molecule has 10 nitrogen and oxygen atoms in total. The average molecular weight is 538 g/mol. The summed E-state index contributed by atoms with van der Waals surface area (Å²) in [4.78, 5) is 24.0. The van der Waals surface area contributed by atoms with Crippen LogP contribution in [-0.2, 0) is 6.54 Å². The first-order chi connectivity index (χ1) is 19.0. The number of nitrogens with zero attached hydrogens (tertiary/aromatic N) is 5. The van der Waals surface area contributed by atoms with Gasteiger partial charge in [0.25, 0.3) is 0 Å². The molecule has 3 aromatic heterocycles. The number of piperidine rings is 1. The Bertz CT molecular complexity index is 1410. The van der Waals surface area contributed by atoms with E-state index in [-0.39, 0.29) is 23.4 Å². The van der Waals surface area contributed by atoms with Crippen molar-refractivity contribution < 1.29 is 23.0 Å². The standard InChI is InChI=1S/C27H29F2N7O3/c1-18-12-32-36-25(31-14-19-4-2-6-30-13-19)11-24(34-26(18)36)20-5-3-7-35(15-20)27(37)33-21-8-22(38-16-28)10-23(9-21)39-17-29/h2,4,6,8-13,20,31H,3,5,7,14-17H2,1H3,(H,33,37). The van der Waals surface area contributed by atoms with Gasteiger partial charge in [0.05, 0.1) is 11.9 Å². The predicted molar refractivity (Wildman–Crippen MR) is 142 cm³/mol. The zero-order valence-corrected chi connectivity index (χ0v) is 21.4. The van der Waals surface area contributed by atoms with Crippen molar-refractivity contribution in [2.24, 2.45) is 0 Å². The number of carbonyl (C=O) groups excluding carboxylic acids is 1. The molecule has 0 spiro atoms. The SMILES string of the molecule is Cc1cnn2c(NCc3cccnc3)cc(C3CCCN(C(=O)Nc4cc(OCF)cc(OCF)c4)C3)nc12. The lowest BCUT2D eigenvalue weighted by atomic mass is 9.94. The number of anilines is 2. The molecule has 2 N–H and O–H groups in total. The largest absolute Gasteiger partial charge is 0.463 e. The lowest BCUT2D eigenvalue weighted by Crippen LogP contribution is -2.41. The summed E-state index contributed by atoms with van der Waals surface area (Å²) in [7, 11) is 0. The second-order valence-electron chi connectivity index (χ2n) is 9.26. The van der Waals surface area contributed by atoms with Crippen molar-refractivity contribution in [2.75, 3.05) is 37.4 Å². The summed E-state index contributed by atoms with van der Waals surface area (Å²) in [5, 5.41) is 10.7. The quantitative estimate of drug-likeness (QED) is 0.307. The van der Waals surface area contributed by atoms with E-state index in [4.69, 9.17) is 14.5 Å². The number of hydrogen-bond donors (Lipinski definition) is 2. The van der Waals surface area contributed by atoms with Crippen LogP contribution in [0.2, 0.25) is 0 Å². The Balaban J connectivity index is 1.33. The highest BCUT2D eigenvalue weighted by Gasteiger charge is 2.27. The molecule has 1 aliphatic rings. The topological polar surface area (TPSA) is 106 Å². The third-order valence-electron chi connectivity index (χ3n) is 6.57. The van der Waals surface area contributed by atoms with Gasteiger partial charge in [-0.1, -0.05) is 6.07 Å². The molecule has 4 aromatic rings. The molecule has 0 radical (unpaired) electrons. The van der Waals surface area contributed by atoms with Gasteiger partial charge >= 0.3 is 6.03 Å². The van der Waals surface area contributed by atoms with Gasteiger partial charge in [0.1, 0.15) is 17.3 Å². The number of rotatable bonds is 9. The van der Waals surface area contributed by atoms with Crippen molar-refractivity contribution >= 4 is 23.2 Å². The zero-order chi connectivity index (χ0) is 27.2. The molecule has 1 unspecified atom stereocenters. The molecule has 5 rings (SSSR count). The number of alkyl halides is 2. The number of urea groups is 1. The highest BCUT2D eigenvalue weighted by Crippen LogP contribution is 2.30. The lowest BCUT2D eigenvalue weighted by Gasteiger charge is -2.32. The van der Waals surface area contributed by atoms with Gasteiger partial charge in [0, 0.05) is 73.5 Å². The molecule has 0 bridgehead atoms. The highest BCUT2D eigenvalue weighted by atomic mass is 19.1. The van der Waals surface area contributed by atoms with Gasteiger partial charge in [-0.05, 0) is 31.4 Å². The van der Waals surface area contributed by atoms with E-state index in [1.807, 2.05) is 31.3 Å². The fourth-order valence-corrected chi connectivity index (χ4v) is 4.66.